The summed E-state index contributed by atoms with van der Waals surface area (Å²) < 4.78 is 11.1. The van der Waals surface area contributed by atoms with E-state index < -0.39 is 0 Å². The number of hydrogen-bond donors (Lipinski definition) is 0. The molecule has 2 nitrogen and oxygen atoms in total. The maximum absolute atomic E-state index is 5.55. The van der Waals surface area contributed by atoms with Crippen molar-refractivity contribution in [3.8, 4) is 0 Å². The van der Waals surface area contributed by atoms with Gasteiger partial charge in [0.15, 0.2) is 6.29 Å². The Bertz CT molecular complexity index is 107. The maximum atomic E-state index is 5.55. The summed E-state index contributed by atoms with van der Waals surface area (Å²) in [5, 5.41) is 0. The third-order valence-electron chi connectivity index (χ3n) is 1.78. The Balaban J connectivity index is 2.43. The Morgan fingerprint density at radius 1 is 1.00 bits per heavy atom. The van der Waals surface area contributed by atoms with Crippen LogP contribution < -0.4 is 0 Å². The van der Waals surface area contributed by atoms with Crippen molar-refractivity contribution < 1.29 is 9.47 Å². The van der Waals surface area contributed by atoms with E-state index in [0.717, 1.165) is 26.1 Å². The number of rotatable bonds is 0. The van der Waals surface area contributed by atoms with Crippen LogP contribution in [0.1, 0.15) is 33.6 Å². The van der Waals surface area contributed by atoms with E-state index in [1.165, 1.54) is 0 Å². The topological polar surface area (TPSA) is 18.5 Å². The predicted octanol–water partition coefficient (Wildman–Crippen LogP) is 2.19. The van der Waals surface area contributed by atoms with E-state index in [4.69, 9.17) is 9.47 Å². The molecule has 0 aromatic rings. The maximum Gasteiger partial charge on any atom is 0.162 e. The summed E-state index contributed by atoms with van der Waals surface area (Å²) in [6, 6.07) is 0. The normalized spacial score (nSPS) is 23.2. The van der Waals surface area contributed by atoms with Gasteiger partial charge in [0.2, 0.25) is 0 Å². The fourth-order valence-electron chi connectivity index (χ4n) is 1.13. The quantitative estimate of drug-likeness (QED) is 0.538. The Labute approximate surface area is 68.9 Å². The van der Waals surface area contributed by atoms with Crippen LogP contribution in [0.5, 0.6) is 0 Å². The van der Waals surface area contributed by atoms with Gasteiger partial charge in [-0.1, -0.05) is 20.8 Å². The van der Waals surface area contributed by atoms with Gasteiger partial charge in [-0.2, -0.15) is 0 Å². The average Bonchev–Trinajstić information content (AvgIpc) is 2.10. The second-order valence-corrected chi connectivity index (χ2v) is 4.15. The van der Waals surface area contributed by atoms with Crippen molar-refractivity contribution in [1.82, 2.24) is 0 Å². The molecule has 2 heteroatoms. The van der Waals surface area contributed by atoms with Gasteiger partial charge in [0, 0.05) is 18.6 Å². The van der Waals surface area contributed by atoms with Crippen molar-refractivity contribution in [2.24, 2.45) is 5.41 Å². The summed E-state index contributed by atoms with van der Waals surface area (Å²) >= 11 is 0. The fourth-order valence-corrected chi connectivity index (χ4v) is 1.13. The minimum absolute atomic E-state index is 0.00926. The third-order valence-corrected chi connectivity index (χ3v) is 1.78. The SMILES string of the molecule is CC(C)(C)C1OCCCCO1. The molecule has 66 valence electrons. The Morgan fingerprint density at radius 3 is 1.82 bits per heavy atom. The van der Waals surface area contributed by atoms with Gasteiger partial charge in [0.25, 0.3) is 0 Å². The van der Waals surface area contributed by atoms with Gasteiger partial charge in [-0.3, -0.25) is 0 Å². The average molecular weight is 158 g/mol. The van der Waals surface area contributed by atoms with Crippen LogP contribution in [0.2, 0.25) is 0 Å². The van der Waals surface area contributed by atoms with Gasteiger partial charge in [0.05, 0.1) is 0 Å². The summed E-state index contributed by atoms with van der Waals surface area (Å²) in [5.74, 6) is 0. The molecule has 0 aromatic carbocycles. The molecule has 0 radical (unpaired) electrons. The molecule has 1 rings (SSSR count). The highest BCUT2D eigenvalue weighted by Crippen LogP contribution is 2.25. The van der Waals surface area contributed by atoms with Crippen molar-refractivity contribution in [1.29, 1.82) is 0 Å². The minimum atomic E-state index is -0.00926. The molecular formula is C9H18O2. The van der Waals surface area contributed by atoms with Crippen LogP contribution in [-0.4, -0.2) is 19.5 Å². The molecular weight excluding hydrogens is 140 g/mol. The molecule has 1 heterocycles. The number of ether oxygens (including phenoxy) is 2. The van der Waals surface area contributed by atoms with E-state index in [0.29, 0.717) is 0 Å². The first-order valence-electron chi connectivity index (χ1n) is 4.34. The lowest BCUT2D eigenvalue weighted by Crippen LogP contribution is -2.31. The summed E-state index contributed by atoms with van der Waals surface area (Å²) in [6.07, 6.45) is 2.25. The van der Waals surface area contributed by atoms with Crippen LogP contribution in [0, 0.1) is 5.41 Å². The highest BCUT2D eigenvalue weighted by atomic mass is 16.7. The highest BCUT2D eigenvalue weighted by Gasteiger charge is 2.27. The largest absolute Gasteiger partial charge is 0.352 e. The van der Waals surface area contributed by atoms with Crippen LogP contribution in [-0.2, 0) is 9.47 Å². The number of hydrogen-bond acceptors (Lipinski definition) is 2. The molecule has 0 bridgehead atoms. The first-order valence-corrected chi connectivity index (χ1v) is 4.34. The molecule has 1 aliphatic heterocycles. The van der Waals surface area contributed by atoms with Crippen molar-refractivity contribution in [2.45, 2.75) is 39.9 Å². The Kier molecular flexibility index (Phi) is 2.90. The molecule has 1 aliphatic rings. The van der Waals surface area contributed by atoms with Gasteiger partial charge >= 0.3 is 0 Å². The van der Waals surface area contributed by atoms with E-state index in [1.54, 1.807) is 0 Å². The van der Waals surface area contributed by atoms with Gasteiger partial charge < -0.3 is 9.47 Å². The predicted molar refractivity (Wildman–Crippen MR) is 44.4 cm³/mol. The van der Waals surface area contributed by atoms with Crippen molar-refractivity contribution >= 4 is 0 Å². The highest BCUT2D eigenvalue weighted by molar-refractivity contribution is 4.67. The monoisotopic (exact) mass is 158 g/mol. The van der Waals surface area contributed by atoms with Crippen LogP contribution in [0.25, 0.3) is 0 Å². The smallest absolute Gasteiger partial charge is 0.162 e. The fraction of sp³-hybridized carbons (Fsp3) is 1.00. The van der Waals surface area contributed by atoms with E-state index in [2.05, 4.69) is 20.8 Å². The van der Waals surface area contributed by atoms with Gasteiger partial charge in [-0.25, -0.2) is 0 Å². The zero-order chi connectivity index (χ0) is 8.32. The van der Waals surface area contributed by atoms with E-state index in [-0.39, 0.29) is 11.7 Å². The molecule has 0 unspecified atom stereocenters. The van der Waals surface area contributed by atoms with Crippen LogP contribution in [0.15, 0.2) is 0 Å². The second kappa shape index (κ2) is 3.55. The van der Waals surface area contributed by atoms with E-state index in [1.807, 2.05) is 0 Å². The summed E-state index contributed by atoms with van der Waals surface area (Å²) in [6.45, 7) is 8.12. The molecule has 0 spiro atoms. The van der Waals surface area contributed by atoms with Gasteiger partial charge in [-0.15, -0.1) is 0 Å². The second-order valence-electron chi connectivity index (χ2n) is 4.15. The molecule has 0 atom stereocenters. The van der Waals surface area contributed by atoms with Gasteiger partial charge in [-0.05, 0) is 12.8 Å². The molecule has 0 aromatic heterocycles. The summed E-state index contributed by atoms with van der Waals surface area (Å²) in [4.78, 5) is 0. The first kappa shape index (κ1) is 9.01. The molecule has 11 heavy (non-hydrogen) atoms. The van der Waals surface area contributed by atoms with Crippen molar-refractivity contribution in [2.75, 3.05) is 13.2 Å². The lowest BCUT2D eigenvalue weighted by atomic mass is 9.96. The molecule has 0 saturated carbocycles. The lowest BCUT2D eigenvalue weighted by Gasteiger charge is -2.28. The lowest BCUT2D eigenvalue weighted by molar-refractivity contribution is -0.181. The van der Waals surface area contributed by atoms with E-state index in [9.17, 15) is 0 Å². The Hall–Kier alpha value is -0.0800. The van der Waals surface area contributed by atoms with Crippen molar-refractivity contribution in [3.63, 3.8) is 0 Å². The molecule has 0 N–H and O–H groups in total. The molecule has 0 aliphatic carbocycles. The van der Waals surface area contributed by atoms with Crippen LogP contribution in [0.4, 0.5) is 0 Å². The summed E-state index contributed by atoms with van der Waals surface area (Å²) in [5.41, 5.74) is 0.115. The van der Waals surface area contributed by atoms with Crippen LogP contribution in [0.3, 0.4) is 0 Å². The first-order chi connectivity index (χ1) is 5.11. The third kappa shape index (κ3) is 2.80. The Morgan fingerprint density at radius 2 is 1.45 bits per heavy atom. The van der Waals surface area contributed by atoms with Gasteiger partial charge in [0.1, 0.15) is 0 Å². The molecule has 1 fully saturated rings. The zero-order valence-corrected chi connectivity index (χ0v) is 7.72. The van der Waals surface area contributed by atoms with E-state index >= 15 is 0 Å². The summed E-state index contributed by atoms with van der Waals surface area (Å²) in [7, 11) is 0. The minimum Gasteiger partial charge on any atom is -0.352 e. The van der Waals surface area contributed by atoms with Crippen molar-refractivity contribution in [3.05, 3.63) is 0 Å². The molecule has 0 amide bonds. The van der Waals surface area contributed by atoms with Crippen LogP contribution >= 0.6 is 0 Å². The zero-order valence-electron chi connectivity index (χ0n) is 7.72. The standard InChI is InChI=1S/C9H18O2/c1-9(2,3)8-10-6-4-5-7-11-8/h8H,4-7H2,1-3H3. The molecule has 1 saturated heterocycles.